The van der Waals surface area contributed by atoms with Crippen molar-refractivity contribution < 1.29 is 19.5 Å². The minimum absolute atomic E-state index is 0.0196. The normalized spacial score (nSPS) is 29.9. The zero-order valence-electron chi connectivity index (χ0n) is 17.8. The van der Waals surface area contributed by atoms with E-state index in [1.165, 1.54) is 0 Å². The van der Waals surface area contributed by atoms with E-state index in [9.17, 15) is 24.8 Å². The number of nitrogens with two attached hydrogens (primary N) is 1. The molecule has 4 aliphatic rings. The van der Waals surface area contributed by atoms with Crippen LogP contribution < -0.4 is 5.73 Å². The third-order valence-corrected chi connectivity index (χ3v) is 7.52. The van der Waals surface area contributed by atoms with E-state index in [1.807, 2.05) is 15.9 Å². The highest BCUT2D eigenvalue weighted by atomic mass is 16.4. The van der Waals surface area contributed by atoms with Gasteiger partial charge in [-0.15, -0.1) is 0 Å². The van der Waals surface area contributed by atoms with Crippen LogP contribution in [0.25, 0.3) is 0 Å². The minimum Gasteiger partial charge on any atom is -0.478 e. The van der Waals surface area contributed by atoms with E-state index in [0.29, 0.717) is 26.1 Å². The fourth-order valence-corrected chi connectivity index (χ4v) is 6.03. The number of likely N-dealkylation sites (tertiary alicyclic amines) is 3. The van der Waals surface area contributed by atoms with Crippen LogP contribution in [-0.2, 0) is 16.0 Å². The maximum absolute atomic E-state index is 13.3. The van der Waals surface area contributed by atoms with Gasteiger partial charge in [-0.2, -0.15) is 5.26 Å². The summed E-state index contributed by atoms with van der Waals surface area (Å²) in [7, 11) is 0. The second-order valence-electron chi connectivity index (χ2n) is 9.30. The number of carbonyl (C=O) groups excluding carboxylic acids is 2. The fourth-order valence-electron chi connectivity index (χ4n) is 6.03. The third kappa shape index (κ3) is 3.26. The van der Waals surface area contributed by atoms with Crippen molar-refractivity contribution in [2.75, 3.05) is 19.6 Å². The first kappa shape index (κ1) is 20.9. The van der Waals surface area contributed by atoms with Crippen LogP contribution in [0.1, 0.15) is 53.2 Å². The Labute approximate surface area is 186 Å². The van der Waals surface area contributed by atoms with Crippen molar-refractivity contribution in [3.05, 3.63) is 34.9 Å². The molecule has 0 spiro atoms. The van der Waals surface area contributed by atoms with E-state index >= 15 is 0 Å². The van der Waals surface area contributed by atoms with Crippen molar-refractivity contribution in [1.29, 1.82) is 5.26 Å². The van der Waals surface area contributed by atoms with Crippen molar-refractivity contribution >= 4 is 17.8 Å². The predicted octanol–water partition coefficient (Wildman–Crippen LogP) is 0.499. The molecule has 3 aliphatic heterocycles. The zero-order chi connectivity index (χ0) is 22.6. The van der Waals surface area contributed by atoms with Crippen LogP contribution in [-0.4, -0.2) is 81.4 Å². The molecule has 3 saturated heterocycles. The summed E-state index contributed by atoms with van der Waals surface area (Å²) in [6, 6.07) is 6.00. The highest BCUT2D eigenvalue weighted by Gasteiger charge is 2.53. The molecule has 1 aromatic rings. The first-order valence-electron chi connectivity index (χ1n) is 11.3. The van der Waals surface area contributed by atoms with Crippen LogP contribution >= 0.6 is 0 Å². The Kier molecular flexibility index (Phi) is 5.14. The molecule has 3 N–H and O–H groups in total. The third-order valence-electron chi connectivity index (χ3n) is 7.52. The molecule has 1 aliphatic carbocycles. The molecule has 32 heavy (non-hydrogen) atoms. The Hall–Kier alpha value is -2.96. The summed E-state index contributed by atoms with van der Waals surface area (Å²) < 4.78 is 0. The first-order chi connectivity index (χ1) is 15.4. The molecule has 0 saturated carbocycles. The molecule has 3 heterocycles. The van der Waals surface area contributed by atoms with Gasteiger partial charge in [0.25, 0.3) is 0 Å². The maximum Gasteiger partial charge on any atom is 0.335 e. The van der Waals surface area contributed by atoms with Crippen LogP contribution in [0, 0.1) is 11.3 Å². The summed E-state index contributed by atoms with van der Waals surface area (Å²) >= 11 is 0. The number of aromatic carboxylic acids is 1. The molecule has 5 atom stereocenters. The second-order valence-corrected chi connectivity index (χ2v) is 9.30. The molecule has 0 radical (unpaired) electrons. The number of hydrogen-bond donors (Lipinski definition) is 2. The number of carbonyl (C=O) groups is 3. The standard InChI is InChI=1S/C23H27N5O4/c24-10-15-2-1-7-27(15)21(29)18(25)12-26-11-16-9-20(26)22(30)28(16)19-6-4-13-8-14(23(31)32)3-5-17(13)19/h3,5,8,15-16,18-20H,1-2,4,6-7,9,11-12,25H2,(H,31,32)/t15-,16-,18-,19+,20-/m0/s1. The van der Waals surface area contributed by atoms with Gasteiger partial charge in [-0.05, 0) is 55.4 Å². The van der Waals surface area contributed by atoms with Gasteiger partial charge in [0.05, 0.1) is 29.8 Å². The molecule has 1 aromatic carbocycles. The number of piperazine rings is 1. The Morgan fingerprint density at radius 1 is 1.28 bits per heavy atom. The van der Waals surface area contributed by atoms with Crippen molar-refractivity contribution in [2.45, 2.75) is 62.3 Å². The minimum atomic E-state index is -0.941. The Morgan fingerprint density at radius 3 is 2.81 bits per heavy atom. The van der Waals surface area contributed by atoms with Gasteiger partial charge < -0.3 is 20.6 Å². The summed E-state index contributed by atoms with van der Waals surface area (Å²) in [6.07, 6.45) is 3.80. The van der Waals surface area contributed by atoms with Crippen LogP contribution in [0.5, 0.6) is 0 Å². The number of rotatable bonds is 5. The highest BCUT2D eigenvalue weighted by molar-refractivity contribution is 5.89. The number of benzene rings is 1. The molecule has 0 aromatic heterocycles. The van der Waals surface area contributed by atoms with Crippen LogP contribution in [0.2, 0.25) is 0 Å². The van der Waals surface area contributed by atoms with E-state index in [-0.39, 0.29) is 35.5 Å². The van der Waals surface area contributed by atoms with Crippen molar-refractivity contribution in [2.24, 2.45) is 5.73 Å². The van der Waals surface area contributed by atoms with Crippen LogP contribution in [0.15, 0.2) is 18.2 Å². The lowest BCUT2D eigenvalue weighted by molar-refractivity contribution is -0.141. The van der Waals surface area contributed by atoms with Gasteiger partial charge >= 0.3 is 5.97 Å². The van der Waals surface area contributed by atoms with Crippen LogP contribution in [0.3, 0.4) is 0 Å². The average Bonchev–Trinajstić information content (AvgIpc) is 3.55. The molecule has 2 amide bonds. The topological polar surface area (TPSA) is 131 Å². The maximum atomic E-state index is 13.3. The number of nitriles is 1. The SMILES string of the molecule is N#C[C@@H]1CCCN1C(=O)[C@@H](N)CN1C[C@@H]2C[C@H]1C(=O)N2[C@@H]1CCc2cc(C(=O)O)ccc21. The highest BCUT2D eigenvalue weighted by Crippen LogP contribution is 2.44. The quantitative estimate of drug-likeness (QED) is 0.686. The number of carboxylic acid groups (broad SMARTS) is 1. The fraction of sp³-hybridized carbons (Fsp3) is 0.565. The molecule has 2 bridgehead atoms. The monoisotopic (exact) mass is 437 g/mol. The van der Waals surface area contributed by atoms with E-state index in [0.717, 1.165) is 36.8 Å². The van der Waals surface area contributed by atoms with Gasteiger partial charge in [0, 0.05) is 25.7 Å². The Morgan fingerprint density at radius 2 is 2.09 bits per heavy atom. The molecular formula is C23H27N5O4. The smallest absolute Gasteiger partial charge is 0.335 e. The molecule has 9 nitrogen and oxygen atoms in total. The molecule has 3 fully saturated rings. The second kappa shape index (κ2) is 7.87. The molecule has 0 unspecified atom stereocenters. The summed E-state index contributed by atoms with van der Waals surface area (Å²) in [5.41, 5.74) is 8.55. The van der Waals surface area contributed by atoms with E-state index in [4.69, 9.17) is 5.73 Å². The Bertz CT molecular complexity index is 1020. The lowest BCUT2D eigenvalue weighted by atomic mass is 10.0. The number of aryl methyl sites for hydroxylation is 1. The number of nitrogens with zero attached hydrogens (tertiary/aromatic N) is 4. The summed E-state index contributed by atoms with van der Waals surface area (Å²) in [6.45, 7) is 1.56. The summed E-state index contributed by atoms with van der Waals surface area (Å²) in [5, 5.41) is 18.5. The molecule has 168 valence electrons. The molecular weight excluding hydrogens is 410 g/mol. The van der Waals surface area contributed by atoms with Gasteiger partial charge in [-0.3, -0.25) is 14.5 Å². The lowest BCUT2D eigenvalue weighted by Gasteiger charge is -2.38. The van der Waals surface area contributed by atoms with Crippen molar-refractivity contribution in [1.82, 2.24) is 14.7 Å². The largest absolute Gasteiger partial charge is 0.478 e. The lowest BCUT2D eigenvalue weighted by Crippen LogP contribution is -2.56. The predicted molar refractivity (Wildman–Crippen MR) is 113 cm³/mol. The zero-order valence-corrected chi connectivity index (χ0v) is 17.8. The van der Waals surface area contributed by atoms with Gasteiger partial charge in [-0.1, -0.05) is 6.07 Å². The number of amides is 2. The van der Waals surface area contributed by atoms with Gasteiger partial charge in [-0.25, -0.2) is 4.79 Å². The van der Waals surface area contributed by atoms with Gasteiger partial charge in [0.15, 0.2) is 0 Å². The van der Waals surface area contributed by atoms with Crippen molar-refractivity contribution in [3.8, 4) is 6.07 Å². The van der Waals surface area contributed by atoms with E-state index in [1.54, 1.807) is 17.0 Å². The average molecular weight is 438 g/mol. The van der Waals surface area contributed by atoms with Crippen molar-refractivity contribution in [3.63, 3.8) is 0 Å². The number of carboxylic acids is 1. The first-order valence-corrected chi connectivity index (χ1v) is 11.3. The van der Waals surface area contributed by atoms with E-state index in [2.05, 4.69) is 6.07 Å². The number of hydrogen-bond acceptors (Lipinski definition) is 6. The molecule has 9 heteroatoms. The Balaban J connectivity index is 1.25. The van der Waals surface area contributed by atoms with Crippen LogP contribution in [0.4, 0.5) is 0 Å². The summed E-state index contributed by atoms with van der Waals surface area (Å²) in [4.78, 5) is 42.9. The molecule has 5 rings (SSSR count). The van der Waals surface area contributed by atoms with Gasteiger partial charge in [0.1, 0.15) is 6.04 Å². The number of fused-ring (bicyclic) bond motifs is 3. The van der Waals surface area contributed by atoms with E-state index < -0.39 is 18.1 Å². The van der Waals surface area contributed by atoms with Gasteiger partial charge in [0.2, 0.25) is 11.8 Å². The summed E-state index contributed by atoms with van der Waals surface area (Å²) in [5.74, 6) is -1.08.